The average Bonchev–Trinajstić information content (AvgIpc) is 2.14. The third kappa shape index (κ3) is 2.97. The topological polar surface area (TPSA) is 55.1 Å². The Bertz CT molecular complexity index is 344. The van der Waals surface area contributed by atoms with Crippen LogP contribution in [0.15, 0.2) is 22.7 Å². The van der Waals surface area contributed by atoms with Crippen molar-refractivity contribution in [3.8, 4) is 0 Å². The summed E-state index contributed by atoms with van der Waals surface area (Å²) < 4.78 is 0.845. The molecule has 0 bridgehead atoms. The first-order valence-corrected chi connectivity index (χ1v) is 5.25. The van der Waals surface area contributed by atoms with E-state index in [2.05, 4.69) is 21.2 Å². The molecule has 0 saturated heterocycles. The molecule has 0 aliphatic rings. The molecule has 3 nitrogen and oxygen atoms in total. The zero-order valence-electron chi connectivity index (χ0n) is 7.39. The molecule has 14 heavy (non-hydrogen) atoms. The molecule has 0 aliphatic heterocycles. The lowest BCUT2D eigenvalue weighted by Crippen LogP contribution is -2.29. The summed E-state index contributed by atoms with van der Waals surface area (Å²) >= 11 is 9.14. The molecule has 1 rings (SSSR count). The molecule has 0 heterocycles. The fourth-order valence-corrected chi connectivity index (χ4v) is 1.71. The van der Waals surface area contributed by atoms with E-state index in [0.29, 0.717) is 23.7 Å². The van der Waals surface area contributed by atoms with Gasteiger partial charge in [0.15, 0.2) is 0 Å². The summed E-state index contributed by atoms with van der Waals surface area (Å²) in [6.45, 7) is 0.866. The van der Waals surface area contributed by atoms with Crippen LogP contribution in [0.2, 0.25) is 5.02 Å². The lowest BCUT2D eigenvalue weighted by molar-refractivity contribution is 0.0955. The number of halogens is 2. The van der Waals surface area contributed by atoms with E-state index in [9.17, 15) is 4.79 Å². The minimum atomic E-state index is -0.201. The average molecular weight is 278 g/mol. The van der Waals surface area contributed by atoms with Crippen molar-refractivity contribution in [2.24, 2.45) is 5.73 Å². The Hall–Kier alpha value is -0.580. The molecule has 1 aromatic rings. The second kappa shape index (κ2) is 5.34. The molecule has 0 fully saturated rings. The van der Waals surface area contributed by atoms with Crippen LogP contribution >= 0.6 is 27.5 Å². The van der Waals surface area contributed by atoms with E-state index in [1.807, 2.05) is 0 Å². The molecule has 0 aliphatic carbocycles. The molecule has 1 aromatic carbocycles. The van der Waals surface area contributed by atoms with Gasteiger partial charge in [-0.2, -0.15) is 0 Å². The number of amides is 1. The number of hydrogen-bond donors (Lipinski definition) is 2. The minimum Gasteiger partial charge on any atom is -0.351 e. The summed E-state index contributed by atoms with van der Waals surface area (Å²) in [6, 6.07) is 5.11. The molecular formula is C9H10BrClN2O. The molecule has 0 unspecified atom stereocenters. The van der Waals surface area contributed by atoms with Gasteiger partial charge in [-0.1, -0.05) is 27.5 Å². The zero-order chi connectivity index (χ0) is 10.6. The SMILES string of the molecule is NCCNC(=O)c1ccc(Br)cc1Cl. The van der Waals surface area contributed by atoms with Crippen LogP contribution in [0, 0.1) is 0 Å². The van der Waals surface area contributed by atoms with Crippen LogP contribution in [0.1, 0.15) is 10.4 Å². The molecule has 0 radical (unpaired) electrons. The quantitative estimate of drug-likeness (QED) is 0.885. The molecule has 0 spiro atoms. The van der Waals surface area contributed by atoms with Gasteiger partial charge in [0.2, 0.25) is 0 Å². The number of benzene rings is 1. The van der Waals surface area contributed by atoms with Crippen LogP contribution in [-0.2, 0) is 0 Å². The van der Waals surface area contributed by atoms with Gasteiger partial charge in [-0.3, -0.25) is 4.79 Å². The minimum absolute atomic E-state index is 0.201. The van der Waals surface area contributed by atoms with E-state index in [1.54, 1.807) is 18.2 Å². The van der Waals surface area contributed by atoms with Crippen LogP contribution in [0.5, 0.6) is 0 Å². The van der Waals surface area contributed by atoms with E-state index in [1.165, 1.54) is 0 Å². The van der Waals surface area contributed by atoms with E-state index >= 15 is 0 Å². The van der Waals surface area contributed by atoms with Gasteiger partial charge >= 0.3 is 0 Å². The first kappa shape index (κ1) is 11.5. The standard InChI is InChI=1S/C9H10BrClN2O/c10-6-1-2-7(8(11)5-6)9(14)13-4-3-12/h1-2,5H,3-4,12H2,(H,13,14). The first-order valence-electron chi connectivity index (χ1n) is 4.08. The van der Waals surface area contributed by atoms with Gasteiger partial charge in [0.1, 0.15) is 0 Å². The lowest BCUT2D eigenvalue weighted by Gasteiger charge is -2.05. The van der Waals surface area contributed by atoms with Gasteiger partial charge in [-0.15, -0.1) is 0 Å². The van der Waals surface area contributed by atoms with Crippen LogP contribution in [0.3, 0.4) is 0 Å². The summed E-state index contributed by atoms with van der Waals surface area (Å²) in [5.74, 6) is -0.201. The second-order valence-electron chi connectivity index (χ2n) is 2.67. The van der Waals surface area contributed by atoms with Crippen molar-refractivity contribution in [2.75, 3.05) is 13.1 Å². The third-order valence-electron chi connectivity index (χ3n) is 1.61. The number of carbonyl (C=O) groups is 1. The lowest BCUT2D eigenvalue weighted by atomic mass is 10.2. The highest BCUT2D eigenvalue weighted by molar-refractivity contribution is 9.10. The molecule has 5 heteroatoms. The van der Waals surface area contributed by atoms with Crippen molar-refractivity contribution >= 4 is 33.4 Å². The van der Waals surface area contributed by atoms with Crippen molar-refractivity contribution < 1.29 is 4.79 Å². The molecule has 0 atom stereocenters. The number of nitrogens with one attached hydrogen (secondary N) is 1. The Labute approximate surface area is 95.7 Å². The van der Waals surface area contributed by atoms with Crippen molar-refractivity contribution in [3.05, 3.63) is 33.3 Å². The van der Waals surface area contributed by atoms with Crippen LogP contribution in [0.25, 0.3) is 0 Å². The Morgan fingerprint density at radius 3 is 2.86 bits per heavy atom. The predicted molar refractivity (Wildman–Crippen MR) is 60.5 cm³/mol. The molecule has 0 saturated carbocycles. The van der Waals surface area contributed by atoms with Crippen molar-refractivity contribution in [1.82, 2.24) is 5.32 Å². The summed E-state index contributed by atoms with van der Waals surface area (Å²) in [5.41, 5.74) is 5.72. The summed E-state index contributed by atoms with van der Waals surface area (Å²) in [7, 11) is 0. The highest BCUT2D eigenvalue weighted by atomic mass is 79.9. The summed E-state index contributed by atoms with van der Waals surface area (Å²) in [4.78, 5) is 11.5. The Balaban J connectivity index is 2.80. The Kier molecular flexibility index (Phi) is 4.38. The van der Waals surface area contributed by atoms with Gasteiger partial charge in [-0.25, -0.2) is 0 Å². The zero-order valence-corrected chi connectivity index (χ0v) is 9.73. The maximum Gasteiger partial charge on any atom is 0.252 e. The molecule has 3 N–H and O–H groups in total. The maximum absolute atomic E-state index is 11.5. The Morgan fingerprint density at radius 1 is 1.57 bits per heavy atom. The Morgan fingerprint density at radius 2 is 2.29 bits per heavy atom. The number of hydrogen-bond acceptors (Lipinski definition) is 2. The molecule has 76 valence electrons. The van der Waals surface area contributed by atoms with E-state index in [4.69, 9.17) is 17.3 Å². The van der Waals surface area contributed by atoms with Gasteiger partial charge < -0.3 is 11.1 Å². The summed E-state index contributed by atoms with van der Waals surface area (Å²) in [6.07, 6.45) is 0. The number of rotatable bonds is 3. The highest BCUT2D eigenvalue weighted by Crippen LogP contribution is 2.20. The first-order chi connectivity index (χ1) is 6.65. The van der Waals surface area contributed by atoms with Gasteiger partial charge in [0.25, 0.3) is 5.91 Å². The fourth-order valence-electron chi connectivity index (χ4n) is 0.955. The van der Waals surface area contributed by atoms with Crippen LogP contribution < -0.4 is 11.1 Å². The summed E-state index contributed by atoms with van der Waals surface area (Å²) in [5, 5.41) is 3.07. The van der Waals surface area contributed by atoms with E-state index < -0.39 is 0 Å². The third-order valence-corrected chi connectivity index (χ3v) is 2.41. The van der Waals surface area contributed by atoms with Crippen molar-refractivity contribution in [2.45, 2.75) is 0 Å². The van der Waals surface area contributed by atoms with Crippen LogP contribution in [-0.4, -0.2) is 19.0 Å². The van der Waals surface area contributed by atoms with Gasteiger partial charge in [-0.05, 0) is 18.2 Å². The maximum atomic E-state index is 11.5. The van der Waals surface area contributed by atoms with Crippen molar-refractivity contribution in [3.63, 3.8) is 0 Å². The smallest absolute Gasteiger partial charge is 0.252 e. The monoisotopic (exact) mass is 276 g/mol. The van der Waals surface area contributed by atoms with Crippen LogP contribution in [0.4, 0.5) is 0 Å². The fraction of sp³-hybridized carbons (Fsp3) is 0.222. The molecule has 0 aromatic heterocycles. The van der Waals surface area contributed by atoms with E-state index in [0.717, 1.165) is 4.47 Å². The normalized spacial score (nSPS) is 9.93. The number of nitrogens with two attached hydrogens (primary N) is 1. The van der Waals surface area contributed by atoms with E-state index in [-0.39, 0.29) is 5.91 Å². The second-order valence-corrected chi connectivity index (χ2v) is 3.99. The van der Waals surface area contributed by atoms with Crippen molar-refractivity contribution in [1.29, 1.82) is 0 Å². The highest BCUT2D eigenvalue weighted by Gasteiger charge is 2.08. The number of carbonyl (C=O) groups excluding carboxylic acids is 1. The largest absolute Gasteiger partial charge is 0.351 e. The van der Waals surface area contributed by atoms with Gasteiger partial charge in [0, 0.05) is 17.6 Å². The molecular weight excluding hydrogens is 267 g/mol. The molecule has 1 amide bonds. The predicted octanol–water partition coefficient (Wildman–Crippen LogP) is 1.79. The van der Waals surface area contributed by atoms with Gasteiger partial charge in [0.05, 0.1) is 10.6 Å².